The molecule has 0 aromatic heterocycles. The van der Waals surface area contributed by atoms with Gasteiger partial charge in [0.2, 0.25) is 5.91 Å². The molecule has 1 atom stereocenters. The summed E-state index contributed by atoms with van der Waals surface area (Å²) in [6.45, 7) is 1.63. The molecule has 1 saturated heterocycles. The van der Waals surface area contributed by atoms with Crippen LogP contribution in [0.4, 0.5) is 0 Å². The number of carbonyl (C=O) groups is 1. The standard InChI is InChI=1S/C14H19ClN2O.ClH/c15-12-6-4-11(5-7-12)8-10-17-14(18)13-3-1-2-9-16-13;/h4-7,13,16H,1-3,8-10H2,(H,17,18);1H. The normalized spacial score (nSPS) is 18.5. The zero-order valence-electron chi connectivity index (χ0n) is 10.8. The predicted molar refractivity (Wildman–Crippen MR) is 81.1 cm³/mol. The first kappa shape index (κ1) is 16.3. The van der Waals surface area contributed by atoms with E-state index in [-0.39, 0.29) is 24.4 Å². The van der Waals surface area contributed by atoms with Crippen LogP contribution in [0.15, 0.2) is 24.3 Å². The maximum atomic E-state index is 11.8. The van der Waals surface area contributed by atoms with Crippen molar-refractivity contribution in [2.45, 2.75) is 31.7 Å². The number of amides is 1. The van der Waals surface area contributed by atoms with Gasteiger partial charge in [-0.1, -0.05) is 30.2 Å². The lowest BCUT2D eigenvalue weighted by Crippen LogP contribution is -2.47. The van der Waals surface area contributed by atoms with Crippen molar-refractivity contribution in [1.29, 1.82) is 0 Å². The smallest absolute Gasteiger partial charge is 0.237 e. The number of hydrogen-bond donors (Lipinski definition) is 2. The quantitative estimate of drug-likeness (QED) is 0.897. The van der Waals surface area contributed by atoms with Crippen LogP contribution in [-0.4, -0.2) is 25.0 Å². The fraction of sp³-hybridized carbons (Fsp3) is 0.500. The van der Waals surface area contributed by atoms with Crippen molar-refractivity contribution in [2.24, 2.45) is 0 Å². The third-order valence-electron chi connectivity index (χ3n) is 3.25. The summed E-state index contributed by atoms with van der Waals surface area (Å²) in [6.07, 6.45) is 4.11. The largest absolute Gasteiger partial charge is 0.354 e. The molecule has 2 rings (SSSR count). The van der Waals surface area contributed by atoms with Crippen LogP contribution in [-0.2, 0) is 11.2 Å². The Kier molecular flexibility index (Phi) is 7.21. The van der Waals surface area contributed by atoms with E-state index < -0.39 is 0 Å². The summed E-state index contributed by atoms with van der Waals surface area (Å²) < 4.78 is 0. The molecule has 1 heterocycles. The van der Waals surface area contributed by atoms with Crippen LogP contribution in [0, 0.1) is 0 Å². The molecule has 2 N–H and O–H groups in total. The monoisotopic (exact) mass is 302 g/mol. The van der Waals surface area contributed by atoms with Crippen molar-refractivity contribution in [3.05, 3.63) is 34.9 Å². The third-order valence-corrected chi connectivity index (χ3v) is 3.50. The van der Waals surface area contributed by atoms with Gasteiger partial charge in [0.1, 0.15) is 0 Å². The molecule has 1 amide bonds. The molecule has 1 aromatic rings. The Hall–Kier alpha value is -0.770. The van der Waals surface area contributed by atoms with E-state index in [0.29, 0.717) is 6.54 Å². The maximum absolute atomic E-state index is 11.8. The number of carbonyl (C=O) groups excluding carboxylic acids is 1. The predicted octanol–water partition coefficient (Wildman–Crippen LogP) is 2.56. The van der Waals surface area contributed by atoms with E-state index in [4.69, 9.17) is 11.6 Å². The Morgan fingerprint density at radius 3 is 2.68 bits per heavy atom. The summed E-state index contributed by atoms with van der Waals surface area (Å²) in [6, 6.07) is 7.74. The summed E-state index contributed by atoms with van der Waals surface area (Å²) in [7, 11) is 0. The highest BCUT2D eigenvalue weighted by Crippen LogP contribution is 2.10. The van der Waals surface area contributed by atoms with Crippen molar-refractivity contribution in [3.8, 4) is 0 Å². The van der Waals surface area contributed by atoms with E-state index in [2.05, 4.69) is 10.6 Å². The second-order valence-corrected chi connectivity index (χ2v) is 5.11. The second-order valence-electron chi connectivity index (χ2n) is 4.67. The lowest BCUT2D eigenvalue weighted by atomic mass is 10.0. The van der Waals surface area contributed by atoms with Gasteiger partial charge >= 0.3 is 0 Å². The van der Waals surface area contributed by atoms with E-state index in [1.54, 1.807) is 0 Å². The van der Waals surface area contributed by atoms with Gasteiger partial charge in [0.05, 0.1) is 6.04 Å². The van der Waals surface area contributed by atoms with Crippen LogP contribution in [0.3, 0.4) is 0 Å². The molecule has 5 heteroatoms. The highest BCUT2D eigenvalue weighted by atomic mass is 35.5. The fourth-order valence-corrected chi connectivity index (χ4v) is 2.31. The minimum absolute atomic E-state index is 0. The summed E-state index contributed by atoms with van der Waals surface area (Å²) in [4.78, 5) is 11.8. The molecule has 1 unspecified atom stereocenters. The average Bonchev–Trinajstić information content (AvgIpc) is 2.42. The first-order valence-electron chi connectivity index (χ1n) is 6.51. The van der Waals surface area contributed by atoms with Crippen molar-refractivity contribution < 1.29 is 4.79 Å². The van der Waals surface area contributed by atoms with Crippen LogP contribution in [0.5, 0.6) is 0 Å². The second kappa shape index (κ2) is 8.41. The van der Waals surface area contributed by atoms with Gasteiger partial charge in [0, 0.05) is 11.6 Å². The molecule has 1 aliphatic rings. The van der Waals surface area contributed by atoms with Gasteiger partial charge < -0.3 is 10.6 Å². The maximum Gasteiger partial charge on any atom is 0.237 e. The molecule has 0 bridgehead atoms. The zero-order chi connectivity index (χ0) is 12.8. The molecule has 0 spiro atoms. The lowest BCUT2D eigenvalue weighted by Gasteiger charge is -2.22. The summed E-state index contributed by atoms with van der Waals surface area (Å²) in [5, 5.41) is 6.97. The number of nitrogens with one attached hydrogen (secondary N) is 2. The van der Waals surface area contributed by atoms with Crippen molar-refractivity contribution >= 4 is 29.9 Å². The van der Waals surface area contributed by atoms with Gasteiger partial charge in [-0.3, -0.25) is 4.79 Å². The molecule has 19 heavy (non-hydrogen) atoms. The van der Waals surface area contributed by atoms with Crippen LogP contribution >= 0.6 is 24.0 Å². The molecule has 106 valence electrons. The SMILES string of the molecule is Cl.O=C(NCCc1ccc(Cl)cc1)C1CCCCN1. The van der Waals surface area contributed by atoms with Gasteiger partial charge in [-0.2, -0.15) is 0 Å². The summed E-state index contributed by atoms with van der Waals surface area (Å²) in [5.41, 5.74) is 1.19. The molecule has 3 nitrogen and oxygen atoms in total. The number of piperidine rings is 1. The average molecular weight is 303 g/mol. The molecular weight excluding hydrogens is 283 g/mol. The van der Waals surface area contributed by atoms with Crippen LogP contribution in [0.1, 0.15) is 24.8 Å². The molecule has 0 aliphatic carbocycles. The van der Waals surface area contributed by atoms with Crippen molar-refractivity contribution in [2.75, 3.05) is 13.1 Å². The van der Waals surface area contributed by atoms with Crippen LogP contribution < -0.4 is 10.6 Å². The van der Waals surface area contributed by atoms with Crippen LogP contribution in [0.25, 0.3) is 0 Å². The first-order valence-corrected chi connectivity index (χ1v) is 6.89. The Bertz CT molecular complexity index is 389. The van der Waals surface area contributed by atoms with Crippen molar-refractivity contribution in [1.82, 2.24) is 10.6 Å². The minimum Gasteiger partial charge on any atom is -0.354 e. The summed E-state index contributed by atoms with van der Waals surface area (Å²) >= 11 is 5.82. The van der Waals surface area contributed by atoms with E-state index in [0.717, 1.165) is 30.8 Å². The van der Waals surface area contributed by atoms with E-state index in [1.165, 1.54) is 12.0 Å². The molecule has 0 saturated carbocycles. The third kappa shape index (κ3) is 5.39. The molecule has 1 aliphatic heterocycles. The minimum atomic E-state index is 0. The number of halogens is 2. The molecule has 0 radical (unpaired) electrons. The number of hydrogen-bond acceptors (Lipinski definition) is 2. The molecule has 1 aromatic carbocycles. The first-order chi connectivity index (χ1) is 8.75. The zero-order valence-corrected chi connectivity index (χ0v) is 12.4. The molecule has 1 fully saturated rings. The number of rotatable bonds is 4. The highest BCUT2D eigenvalue weighted by Gasteiger charge is 2.19. The van der Waals surface area contributed by atoms with E-state index in [1.807, 2.05) is 24.3 Å². The lowest BCUT2D eigenvalue weighted by molar-refractivity contribution is -0.123. The van der Waals surface area contributed by atoms with E-state index >= 15 is 0 Å². The van der Waals surface area contributed by atoms with Gasteiger partial charge in [-0.05, 0) is 43.5 Å². The van der Waals surface area contributed by atoms with Crippen molar-refractivity contribution in [3.63, 3.8) is 0 Å². The highest BCUT2D eigenvalue weighted by molar-refractivity contribution is 6.30. The van der Waals surface area contributed by atoms with Crippen LogP contribution in [0.2, 0.25) is 5.02 Å². The number of benzene rings is 1. The van der Waals surface area contributed by atoms with Gasteiger partial charge in [-0.25, -0.2) is 0 Å². The van der Waals surface area contributed by atoms with Gasteiger partial charge in [0.15, 0.2) is 0 Å². The Balaban J connectivity index is 0.00000180. The van der Waals surface area contributed by atoms with Gasteiger partial charge in [0.25, 0.3) is 0 Å². The topological polar surface area (TPSA) is 41.1 Å². The summed E-state index contributed by atoms with van der Waals surface area (Å²) in [5.74, 6) is 0.128. The Morgan fingerprint density at radius 1 is 1.32 bits per heavy atom. The Morgan fingerprint density at radius 2 is 2.05 bits per heavy atom. The Labute approximate surface area is 125 Å². The fourth-order valence-electron chi connectivity index (χ4n) is 2.18. The van der Waals surface area contributed by atoms with E-state index in [9.17, 15) is 4.79 Å². The molecular formula is C14H20Cl2N2O. The van der Waals surface area contributed by atoms with Gasteiger partial charge in [-0.15, -0.1) is 12.4 Å².